The molecule has 0 radical (unpaired) electrons. The fraction of sp³-hybridized carbons (Fsp3) is 0.263. The van der Waals surface area contributed by atoms with Crippen LogP contribution in [0.25, 0.3) is 16.7 Å². The normalized spacial score (nSPS) is 24.6. The van der Waals surface area contributed by atoms with E-state index in [-0.39, 0.29) is 0 Å². The van der Waals surface area contributed by atoms with Crippen LogP contribution in [-0.2, 0) is 0 Å². The van der Waals surface area contributed by atoms with Crippen LogP contribution in [0.2, 0.25) is 0 Å². The molecule has 4 unspecified atom stereocenters. The number of para-hydroxylation sites is 1. The maximum Gasteiger partial charge on any atom is 0.0514 e. The van der Waals surface area contributed by atoms with Gasteiger partial charge < -0.3 is 9.80 Å². The molecule has 0 fully saturated rings. The molecule has 0 bridgehead atoms. The van der Waals surface area contributed by atoms with Crippen LogP contribution >= 0.6 is 11.3 Å². The van der Waals surface area contributed by atoms with Gasteiger partial charge in [-0.05, 0) is 141 Å². The van der Waals surface area contributed by atoms with E-state index in [0.29, 0.717) is 23.9 Å². The molecule has 2 nitrogen and oxygen atoms in total. The molecule has 0 saturated heterocycles. The number of benzene rings is 2. The van der Waals surface area contributed by atoms with Gasteiger partial charge in [-0.2, -0.15) is 0 Å². The predicted octanol–water partition coefficient (Wildman–Crippen LogP) is 15.2. The molecule has 0 saturated carbocycles. The quantitative estimate of drug-likeness (QED) is 0.191. The first-order valence-electron chi connectivity index (χ1n) is 22.5. The summed E-state index contributed by atoms with van der Waals surface area (Å²) >= 11 is 1.98. The summed E-state index contributed by atoms with van der Waals surface area (Å²) in [4.78, 5) is 8.06. The third-order valence-corrected chi connectivity index (χ3v) is 14.6. The van der Waals surface area contributed by atoms with E-state index < -0.39 is 0 Å². The van der Waals surface area contributed by atoms with E-state index in [4.69, 9.17) is 0 Å². The highest BCUT2D eigenvalue weighted by atomic mass is 32.1. The Balaban J connectivity index is 0.816. The number of hydrogen-bond donors (Lipinski definition) is 0. The van der Waals surface area contributed by atoms with Crippen molar-refractivity contribution in [3.63, 3.8) is 0 Å². The van der Waals surface area contributed by atoms with E-state index in [1.165, 1.54) is 61.2 Å². The number of anilines is 2. The summed E-state index contributed by atoms with van der Waals surface area (Å²) in [7, 11) is 0. The molecule has 2 aromatic carbocycles. The average Bonchev–Trinajstić information content (AvgIpc) is 4.04. The second-order valence-electron chi connectivity index (χ2n) is 17.2. The van der Waals surface area contributed by atoms with Crippen LogP contribution in [-0.4, -0.2) is 12.1 Å². The van der Waals surface area contributed by atoms with E-state index in [1.54, 1.807) is 11.1 Å². The van der Waals surface area contributed by atoms with Gasteiger partial charge in [0.05, 0.1) is 6.04 Å². The van der Waals surface area contributed by atoms with Crippen molar-refractivity contribution in [2.45, 2.75) is 82.7 Å². The Bertz CT molecular complexity index is 2480. The van der Waals surface area contributed by atoms with E-state index in [2.05, 4.69) is 192 Å². The average molecular weight is 801 g/mol. The molecule has 0 aliphatic heterocycles. The van der Waals surface area contributed by atoms with E-state index in [9.17, 15) is 0 Å². The highest BCUT2D eigenvalue weighted by Gasteiger charge is 2.29. The Kier molecular flexibility index (Phi) is 11.5. The second kappa shape index (κ2) is 17.9. The van der Waals surface area contributed by atoms with Gasteiger partial charge in [0.2, 0.25) is 0 Å². The smallest absolute Gasteiger partial charge is 0.0514 e. The molecule has 1 aromatic heterocycles. The summed E-state index contributed by atoms with van der Waals surface area (Å²) in [5.74, 6) is 1.02. The summed E-state index contributed by atoms with van der Waals surface area (Å²) < 4.78 is 0. The Morgan fingerprint density at radius 3 is 2.05 bits per heavy atom. The molecule has 0 amide bonds. The fourth-order valence-electron chi connectivity index (χ4n) is 10.1. The van der Waals surface area contributed by atoms with Gasteiger partial charge in [-0.15, -0.1) is 11.3 Å². The highest BCUT2D eigenvalue weighted by molar-refractivity contribution is 7.14. The van der Waals surface area contributed by atoms with Crippen molar-refractivity contribution >= 4 is 39.4 Å². The van der Waals surface area contributed by atoms with Crippen molar-refractivity contribution < 1.29 is 0 Å². The zero-order chi connectivity index (χ0) is 40.1. The largest absolute Gasteiger partial charge is 0.361 e. The lowest BCUT2D eigenvalue weighted by Crippen LogP contribution is -2.43. The molecule has 60 heavy (non-hydrogen) atoms. The Morgan fingerprint density at radius 1 is 0.533 bits per heavy atom. The van der Waals surface area contributed by atoms with Crippen LogP contribution in [0, 0.1) is 11.8 Å². The van der Waals surface area contributed by atoms with Crippen molar-refractivity contribution in [1.29, 1.82) is 0 Å². The summed E-state index contributed by atoms with van der Waals surface area (Å²) in [6.07, 6.45) is 56.9. The van der Waals surface area contributed by atoms with Gasteiger partial charge in [0.1, 0.15) is 0 Å². The predicted molar refractivity (Wildman–Crippen MR) is 259 cm³/mol. The molecular formula is C57H56N2S. The molecule has 0 N–H and O–H groups in total. The number of thiophene rings is 1. The molecule has 4 atom stereocenters. The van der Waals surface area contributed by atoms with Gasteiger partial charge in [0, 0.05) is 50.4 Å². The van der Waals surface area contributed by atoms with Crippen molar-refractivity contribution in [3.05, 3.63) is 220 Å². The lowest BCUT2D eigenvalue weighted by molar-refractivity contribution is 0.514. The molecule has 3 heteroatoms. The molecule has 10 rings (SSSR count). The summed E-state index contributed by atoms with van der Waals surface area (Å²) in [6.45, 7) is 0. The van der Waals surface area contributed by atoms with Crippen LogP contribution in [0.5, 0.6) is 0 Å². The highest BCUT2D eigenvalue weighted by Crippen LogP contribution is 2.41. The zero-order valence-corrected chi connectivity index (χ0v) is 35.5. The van der Waals surface area contributed by atoms with Crippen LogP contribution in [0.4, 0.5) is 11.4 Å². The molecular weight excluding hydrogens is 745 g/mol. The van der Waals surface area contributed by atoms with E-state index >= 15 is 0 Å². The first-order chi connectivity index (χ1) is 29.7. The van der Waals surface area contributed by atoms with Gasteiger partial charge >= 0.3 is 0 Å². The van der Waals surface area contributed by atoms with Gasteiger partial charge in [-0.25, -0.2) is 0 Å². The topological polar surface area (TPSA) is 6.48 Å². The molecule has 0 spiro atoms. The summed E-state index contributed by atoms with van der Waals surface area (Å²) in [5.41, 5.74) is 13.8. The van der Waals surface area contributed by atoms with Gasteiger partial charge in [-0.3, -0.25) is 0 Å². The summed E-state index contributed by atoms with van der Waals surface area (Å²) in [6, 6.07) is 25.9. The standard InChI is InChI=1S/C57H56N2S/c1-5-13-42(14-6-1)48-21-22-49(41-48)45-27-35-54(36-28-45)58(50-17-9-3-10-18-50)52-31-23-43(24-32-52)44-25-33-53(34-26-44)59(51-19-11-4-12-20-51)55-37-29-47(30-38-55)57-40-39-56(60-57)46-15-7-2-8-16-46/h1-2,4-7,9,11-13,15,17-27,29,31-33,35-36,39-40,42,45,53,55H,3,8,10,14,16,28,30,34,37-38,41H2. The molecule has 300 valence electrons. The molecule has 1 heterocycles. The van der Waals surface area contributed by atoms with Crippen molar-refractivity contribution in [2.75, 3.05) is 9.80 Å². The third-order valence-electron chi connectivity index (χ3n) is 13.4. The number of allylic oxidation sites excluding steroid dienone is 21. The number of rotatable bonds is 11. The third kappa shape index (κ3) is 8.38. The first-order valence-corrected chi connectivity index (χ1v) is 23.3. The summed E-state index contributed by atoms with van der Waals surface area (Å²) in [5, 5.41) is 0. The van der Waals surface area contributed by atoms with Gasteiger partial charge in [0.25, 0.3) is 0 Å². The second-order valence-corrected chi connectivity index (χ2v) is 18.3. The molecule has 7 aliphatic carbocycles. The Morgan fingerprint density at radius 2 is 1.37 bits per heavy atom. The van der Waals surface area contributed by atoms with Crippen molar-refractivity contribution in [1.82, 2.24) is 0 Å². The van der Waals surface area contributed by atoms with Gasteiger partial charge in [0.15, 0.2) is 0 Å². The minimum atomic E-state index is 0.327. The Hall–Kier alpha value is -5.64. The maximum absolute atomic E-state index is 2.71. The lowest BCUT2D eigenvalue weighted by atomic mass is 9.85. The zero-order valence-electron chi connectivity index (χ0n) is 34.7. The van der Waals surface area contributed by atoms with E-state index in [0.717, 1.165) is 64.2 Å². The SMILES string of the molecule is C1=CCCC(c2ccc(C3=CCC(N(c4ccccc4)C4C=CC(c5ccc(N(C6=CCCC=C6)C6=CCC(C7=CC=C(C8C=CC=CC8)C7)C=C6)cc5)=CC4)CC3)s2)=C1. The van der Waals surface area contributed by atoms with Gasteiger partial charge in [-0.1, -0.05) is 145 Å². The van der Waals surface area contributed by atoms with Crippen molar-refractivity contribution in [2.24, 2.45) is 11.8 Å². The van der Waals surface area contributed by atoms with Crippen LogP contribution in [0.1, 0.15) is 85.9 Å². The Labute approximate surface area is 362 Å². The molecule has 3 aromatic rings. The minimum absolute atomic E-state index is 0.327. The maximum atomic E-state index is 2.71. The van der Waals surface area contributed by atoms with Crippen LogP contribution in [0.3, 0.4) is 0 Å². The van der Waals surface area contributed by atoms with Crippen LogP contribution < -0.4 is 9.80 Å². The fourth-order valence-corrected chi connectivity index (χ4v) is 11.2. The minimum Gasteiger partial charge on any atom is -0.361 e. The first kappa shape index (κ1) is 38.6. The van der Waals surface area contributed by atoms with Crippen LogP contribution in [0.15, 0.2) is 205 Å². The van der Waals surface area contributed by atoms with E-state index in [1.807, 2.05) is 11.3 Å². The number of hydrogen-bond acceptors (Lipinski definition) is 3. The molecule has 7 aliphatic rings. The van der Waals surface area contributed by atoms with Crippen molar-refractivity contribution in [3.8, 4) is 0 Å². The monoisotopic (exact) mass is 800 g/mol. The number of nitrogens with zero attached hydrogens (tertiary/aromatic N) is 2. The lowest BCUT2D eigenvalue weighted by Gasteiger charge is -2.41.